The van der Waals surface area contributed by atoms with Crippen LogP contribution in [0.3, 0.4) is 0 Å². The van der Waals surface area contributed by atoms with Crippen LogP contribution in [0.4, 0.5) is 0 Å². The number of hydrogen-bond donors (Lipinski definition) is 1. The Morgan fingerprint density at radius 3 is 2.43 bits per heavy atom. The molecule has 1 N–H and O–H groups in total. The Kier molecular flexibility index (Phi) is 5.41. The second-order valence-corrected chi connectivity index (χ2v) is 8.01. The minimum absolute atomic E-state index is 0.132. The first-order valence-electron chi connectivity index (χ1n) is 7.65. The Bertz CT molecular complexity index is 549. The molecule has 118 valence electrons. The van der Waals surface area contributed by atoms with Crippen molar-refractivity contribution in [2.75, 3.05) is 18.8 Å². The van der Waals surface area contributed by atoms with Gasteiger partial charge in [0, 0.05) is 13.1 Å². The van der Waals surface area contributed by atoms with Gasteiger partial charge in [0.1, 0.15) is 0 Å². The lowest BCUT2D eigenvalue weighted by molar-refractivity contribution is 0.149. The molecule has 0 radical (unpaired) electrons. The predicted octanol–water partition coefficient (Wildman–Crippen LogP) is 2.48. The zero-order chi connectivity index (χ0) is 15.5. The first-order chi connectivity index (χ1) is 9.92. The minimum atomic E-state index is -3.27. The Morgan fingerprint density at radius 2 is 1.90 bits per heavy atom. The van der Waals surface area contributed by atoms with Crippen LogP contribution >= 0.6 is 0 Å². The molecule has 0 amide bonds. The van der Waals surface area contributed by atoms with E-state index in [1.165, 1.54) is 4.31 Å². The molecule has 0 aliphatic heterocycles. The van der Waals surface area contributed by atoms with E-state index in [9.17, 15) is 13.5 Å². The van der Waals surface area contributed by atoms with E-state index in [2.05, 4.69) is 0 Å². The van der Waals surface area contributed by atoms with Crippen molar-refractivity contribution in [1.29, 1.82) is 0 Å². The van der Waals surface area contributed by atoms with E-state index >= 15 is 0 Å². The van der Waals surface area contributed by atoms with Gasteiger partial charge in [-0.25, -0.2) is 8.42 Å². The van der Waals surface area contributed by atoms with Gasteiger partial charge in [0.15, 0.2) is 0 Å². The lowest BCUT2D eigenvalue weighted by Gasteiger charge is -2.23. The summed E-state index contributed by atoms with van der Waals surface area (Å²) in [6.07, 6.45) is 2.29. The number of nitrogens with zero attached hydrogens (tertiary/aromatic N) is 1. The van der Waals surface area contributed by atoms with E-state index < -0.39 is 16.1 Å². The maximum absolute atomic E-state index is 12.3. The second-order valence-electron chi connectivity index (χ2n) is 5.93. The van der Waals surface area contributed by atoms with Crippen LogP contribution in [-0.4, -0.2) is 36.7 Å². The SMILES string of the molecule is CCN(CC(O)c1ccc(C)cc1)S(=O)(=O)CCC1CC1. The van der Waals surface area contributed by atoms with Gasteiger partial charge in [0.25, 0.3) is 0 Å². The van der Waals surface area contributed by atoms with Crippen molar-refractivity contribution in [2.45, 2.75) is 39.2 Å². The molecule has 0 saturated heterocycles. The molecule has 21 heavy (non-hydrogen) atoms. The summed E-state index contributed by atoms with van der Waals surface area (Å²) in [6.45, 7) is 4.33. The van der Waals surface area contributed by atoms with Crippen molar-refractivity contribution < 1.29 is 13.5 Å². The number of sulfonamides is 1. The van der Waals surface area contributed by atoms with Gasteiger partial charge in [-0.3, -0.25) is 0 Å². The molecule has 0 spiro atoms. The molecule has 1 atom stereocenters. The molecule has 1 saturated carbocycles. The highest BCUT2D eigenvalue weighted by atomic mass is 32.2. The molecule has 1 unspecified atom stereocenters. The summed E-state index contributed by atoms with van der Waals surface area (Å²) in [5.41, 5.74) is 1.88. The topological polar surface area (TPSA) is 57.6 Å². The van der Waals surface area contributed by atoms with Crippen LogP contribution in [0.15, 0.2) is 24.3 Å². The van der Waals surface area contributed by atoms with Crippen LogP contribution in [0.2, 0.25) is 0 Å². The average Bonchev–Trinajstić information content (AvgIpc) is 3.27. The summed E-state index contributed by atoms with van der Waals surface area (Å²) < 4.78 is 26.1. The van der Waals surface area contributed by atoms with E-state index in [1.807, 2.05) is 38.1 Å². The number of aliphatic hydroxyl groups excluding tert-OH is 1. The zero-order valence-corrected chi connectivity index (χ0v) is 13.6. The molecular formula is C16H25NO3S. The molecule has 0 heterocycles. The number of likely N-dealkylation sites (N-methyl/N-ethyl adjacent to an activating group) is 1. The Balaban J connectivity index is 1.98. The van der Waals surface area contributed by atoms with Crippen LogP contribution in [0.25, 0.3) is 0 Å². The third-order valence-corrected chi connectivity index (χ3v) is 6.01. The maximum Gasteiger partial charge on any atom is 0.214 e. The molecule has 0 bridgehead atoms. The van der Waals surface area contributed by atoms with Gasteiger partial charge in [-0.05, 0) is 24.8 Å². The monoisotopic (exact) mass is 311 g/mol. The molecule has 5 heteroatoms. The van der Waals surface area contributed by atoms with E-state index in [-0.39, 0.29) is 12.3 Å². The minimum Gasteiger partial charge on any atom is -0.387 e. The summed E-state index contributed by atoms with van der Waals surface area (Å²) >= 11 is 0. The fourth-order valence-corrected chi connectivity index (χ4v) is 4.03. The van der Waals surface area contributed by atoms with E-state index in [4.69, 9.17) is 0 Å². The molecule has 1 aromatic carbocycles. The molecular weight excluding hydrogens is 286 g/mol. The lowest BCUT2D eigenvalue weighted by atomic mass is 10.1. The largest absolute Gasteiger partial charge is 0.387 e. The molecule has 1 fully saturated rings. The van der Waals surface area contributed by atoms with E-state index in [1.54, 1.807) is 0 Å². The lowest BCUT2D eigenvalue weighted by Crippen LogP contribution is -2.36. The first-order valence-corrected chi connectivity index (χ1v) is 9.25. The Morgan fingerprint density at radius 1 is 1.29 bits per heavy atom. The summed E-state index contributed by atoms with van der Waals surface area (Å²) in [7, 11) is -3.27. The van der Waals surface area contributed by atoms with E-state index in [0.717, 1.165) is 30.4 Å². The van der Waals surface area contributed by atoms with Gasteiger partial charge in [-0.15, -0.1) is 0 Å². The quantitative estimate of drug-likeness (QED) is 0.802. The third-order valence-electron chi connectivity index (χ3n) is 4.07. The molecule has 1 aliphatic carbocycles. The number of rotatable bonds is 8. The summed E-state index contributed by atoms with van der Waals surface area (Å²) in [4.78, 5) is 0. The van der Waals surface area contributed by atoms with Crippen molar-refractivity contribution in [3.05, 3.63) is 35.4 Å². The maximum atomic E-state index is 12.3. The van der Waals surface area contributed by atoms with Crippen LogP contribution in [-0.2, 0) is 10.0 Å². The Labute approximate surface area is 127 Å². The summed E-state index contributed by atoms with van der Waals surface area (Å²) in [6, 6.07) is 7.56. The summed E-state index contributed by atoms with van der Waals surface area (Å²) in [5, 5.41) is 10.3. The molecule has 1 aliphatic rings. The van der Waals surface area contributed by atoms with Crippen molar-refractivity contribution in [3.63, 3.8) is 0 Å². The average molecular weight is 311 g/mol. The van der Waals surface area contributed by atoms with Crippen molar-refractivity contribution in [1.82, 2.24) is 4.31 Å². The van der Waals surface area contributed by atoms with Crippen LogP contribution < -0.4 is 0 Å². The van der Waals surface area contributed by atoms with Gasteiger partial charge in [-0.1, -0.05) is 49.6 Å². The van der Waals surface area contributed by atoms with E-state index in [0.29, 0.717) is 12.5 Å². The summed E-state index contributed by atoms with van der Waals surface area (Å²) in [5.74, 6) is 0.798. The Hall–Kier alpha value is -0.910. The first kappa shape index (κ1) is 16.5. The van der Waals surface area contributed by atoms with Gasteiger partial charge < -0.3 is 5.11 Å². The highest BCUT2D eigenvalue weighted by molar-refractivity contribution is 7.89. The molecule has 0 aromatic heterocycles. The standard InChI is InChI=1S/C16H25NO3S/c1-3-17(21(19,20)11-10-14-6-7-14)12-16(18)15-8-4-13(2)5-9-15/h4-5,8-9,14,16,18H,3,6-7,10-12H2,1-2H3. The predicted molar refractivity (Wildman–Crippen MR) is 84.5 cm³/mol. The number of aryl methyl sites for hydroxylation is 1. The molecule has 1 aromatic rings. The molecule has 2 rings (SSSR count). The number of benzene rings is 1. The van der Waals surface area contributed by atoms with Crippen LogP contribution in [0.5, 0.6) is 0 Å². The third kappa shape index (κ3) is 4.80. The van der Waals surface area contributed by atoms with Gasteiger partial charge in [0.2, 0.25) is 10.0 Å². The number of aliphatic hydroxyl groups is 1. The van der Waals surface area contributed by atoms with Crippen LogP contribution in [0.1, 0.15) is 43.4 Å². The van der Waals surface area contributed by atoms with Gasteiger partial charge >= 0.3 is 0 Å². The second kappa shape index (κ2) is 6.90. The fraction of sp³-hybridized carbons (Fsp3) is 0.625. The normalized spacial score (nSPS) is 17.1. The fourth-order valence-electron chi connectivity index (χ4n) is 2.38. The highest BCUT2D eigenvalue weighted by Crippen LogP contribution is 2.33. The highest BCUT2D eigenvalue weighted by Gasteiger charge is 2.28. The van der Waals surface area contributed by atoms with Gasteiger partial charge in [-0.2, -0.15) is 4.31 Å². The smallest absolute Gasteiger partial charge is 0.214 e. The van der Waals surface area contributed by atoms with Crippen molar-refractivity contribution >= 4 is 10.0 Å². The molecule has 4 nitrogen and oxygen atoms in total. The van der Waals surface area contributed by atoms with Crippen molar-refractivity contribution in [2.24, 2.45) is 5.92 Å². The van der Waals surface area contributed by atoms with Gasteiger partial charge in [0.05, 0.1) is 11.9 Å². The van der Waals surface area contributed by atoms with Crippen molar-refractivity contribution in [3.8, 4) is 0 Å². The number of hydrogen-bond acceptors (Lipinski definition) is 3. The van der Waals surface area contributed by atoms with Crippen LogP contribution in [0, 0.1) is 12.8 Å². The zero-order valence-electron chi connectivity index (χ0n) is 12.8.